The van der Waals surface area contributed by atoms with Gasteiger partial charge in [0, 0.05) is 11.8 Å². The number of hydrogen-bond acceptors (Lipinski definition) is 6. The first kappa shape index (κ1) is 11.0. The van der Waals surface area contributed by atoms with Crippen LogP contribution >= 0.6 is 0 Å². The smallest absolute Gasteiger partial charge is 0.343 e. The molecule has 0 atom stereocenters. The van der Waals surface area contributed by atoms with Crippen LogP contribution in [-0.2, 0) is 4.74 Å². The highest BCUT2D eigenvalue weighted by molar-refractivity contribution is 5.94. The maximum Gasteiger partial charge on any atom is 0.343 e. The lowest BCUT2D eigenvalue weighted by Gasteiger charge is -2.05. The van der Waals surface area contributed by atoms with E-state index in [2.05, 4.69) is 14.9 Å². The van der Waals surface area contributed by atoms with E-state index in [0.717, 1.165) is 6.21 Å². The lowest BCUT2D eigenvalue weighted by molar-refractivity contribution is 0.0596. The topological polar surface area (TPSA) is 81.0 Å². The summed E-state index contributed by atoms with van der Waals surface area (Å²) in [7, 11) is 2.66. The molecule has 6 nitrogen and oxygen atoms in total. The van der Waals surface area contributed by atoms with Gasteiger partial charge in [-0.25, -0.2) is 9.78 Å². The first-order chi connectivity index (χ1) is 7.22. The van der Waals surface area contributed by atoms with Crippen molar-refractivity contribution >= 4 is 12.2 Å². The third-order valence-electron chi connectivity index (χ3n) is 1.68. The van der Waals surface area contributed by atoms with Crippen molar-refractivity contribution in [1.82, 2.24) is 4.98 Å². The average Bonchev–Trinajstić information content (AvgIpc) is 2.28. The highest BCUT2D eigenvalue weighted by atomic mass is 16.5. The second kappa shape index (κ2) is 4.94. The van der Waals surface area contributed by atoms with Crippen LogP contribution < -0.4 is 4.74 Å². The third-order valence-corrected chi connectivity index (χ3v) is 1.68. The zero-order valence-corrected chi connectivity index (χ0v) is 8.30. The second-order valence-electron chi connectivity index (χ2n) is 2.56. The van der Waals surface area contributed by atoms with Gasteiger partial charge in [0.25, 0.3) is 0 Å². The highest BCUT2D eigenvalue weighted by Gasteiger charge is 2.14. The van der Waals surface area contributed by atoms with E-state index >= 15 is 0 Å². The Bertz CT molecular complexity index is 390. The zero-order valence-electron chi connectivity index (χ0n) is 8.30. The molecule has 6 heteroatoms. The molecule has 0 aliphatic heterocycles. The molecule has 0 radical (unpaired) electrons. The van der Waals surface area contributed by atoms with Crippen LogP contribution in [0.3, 0.4) is 0 Å². The number of aromatic nitrogens is 1. The van der Waals surface area contributed by atoms with Gasteiger partial charge in [0.05, 0.1) is 20.4 Å². The van der Waals surface area contributed by atoms with Crippen molar-refractivity contribution < 1.29 is 19.5 Å². The maximum atomic E-state index is 11.3. The summed E-state index contributed by atoms with van der Waals surface area (Å²) in [5, 5.41) is 11.2. The van der Waals surface area contributed by atoms with Crippen LogP contribution in [0.4, 0.5) is 0 Å². The van der Waals surface area contributed by atoms with Gasteiger partial charge in [0.1, 0.15) is 5.56 Å². The predicted molar refractivity (Wildman–Crippen MR) is 51.5 cm³/mol. The summed E-state index contributed by atoms with van der Waals surface area (Å²) < 4.78 is 9.43. The molecule has 0 aromatic carbocycles. The normalized spacial score (nSPS) is 10.3. The fourth-order valence-electron chi connectivity index (χ4n) is 1.02. The van der Waals surface area contributed by atoms with Gasteiger partial charge in [-0.05, 0) is 6.07 Å². The summed E-state index contributed by atoms with van der Waals surface area (Å²) in [6, 6.07) is 1.46. The molecule has 0 unspecified atom stereocenters. The van der Waals surface area contributed by atoms with Crippen molar-refractivity contribution in [3.8, 4) is 5.88 Å². The van der Waals surface area contributed by atoms with Gasteiger partial charge in [0.2, 0.25) is 5.88 Å². The van der Waals surface area contributed by atoms with Gasteiger partial charge in [-0.15, -0.1) is 0 Å². The molecule has 1 aromatic rings. The van der Waals surface area contributed by atoms with Crippen LogP contribution in [0.15, 0.2) is 17.4 Å². The minimum absolute atomic E-state index is 0.164. The lowest BCUT2D eigenvalue weighted by atomic mass is 10.2. The quantitative estimate of drug-likeness (QED) is 0.343. The van der Waals surface area contributed by atoms with E-state index in [-0.39, 0.29) is 11.4 Å². The van der Waals surface area contributed by atoms with Gasteiger partial charge >= 0.3 is 5.97 Å². The Morgan fingerprint density at radius 1 is 1.60 bits per heavy atom. The fraction of sp³-hybridized carbons (Fsp3) is 0.222. The summed E-state index contributed by atoms with van der Waals surface area (Å²) >= 11 is 0. The largest absolute Gasteiger partial charge is 0.480 e. The van der Waals surface area contributed by atoms with E-state index < -0.39 is 5.97 Å². The van der Waals surface area contributed by atoms with Crippen LogP contribution in [0.25, 0.3) is 0 Å². The standard InChI is InChI=1S/C9H10N2O4/c1-14-8-7(9(12)15-2)3-6(4-10-8)5-11-13/h3-5,13H,1-2H3/b11-5+. The molecular weight excluding hydrogens is 200 g/mol. The Kier molecular flexibility index (Phi) is 3.61. The van der Waals surface area contributed by atoms with Crippen LogP contribution in [0, 0.1) is 0 Å². The molecule has 1 aromatic heterocycles. The third kappa shape index (κ3) is 2.43. The maximum absolute atomic E-state index is 11.3. The number of methoxy groups -OCH3 is 2. The van der Waals surface area contributed by atoms with Crippen molar-refractivity contribution in [1.29, 1.82) is 0 Å². The van der Waals surface area contributed by atoms with Crippen LogP contribution in [0.1, 0.15) is 15.9 Å². The summed E-state index contributed by atoms with van der Waals surface area (Å²) in [5.74, 6) is -0.399. The Morgan fingerprint density at radius 2 is 2.33 bits per heavy atom. The van der Waals surface area contributed by atoms with E-state index in [1.807, 2.05) is 0 Å². The predicted octanol–water partition coefficient (Wildman–Crippen LogP) is 0.685. The van der Waals surface area contributed by atoms with Crippen molar-refractivity contribution in [2.45, 2.75) is 0 Å². The summed E-state index contributed by atoms with van der Waals surface area (Å²) in [5.41, 5.74) is 0.649. The fourth-order valence-corrected chi connectivity index (χ4v) is 1.02. The molecule has 1 rings (SSSR count). The molecule has 1 N–H and O–H groups in total. The second-order valence-corrected chi connectivity index (χ2v) is 2.56. The number of oxime groups is 1. The van der Waals surface area contributed by atoms with E-state index in [1.54, 1.807) is 0 Å². The molecule has 0 aliphatic rings. The molecule has 0 saturated heterocycles. The molecule has 0 saturated carbocycles. The average molecular weight is 210 g/mol. The number of esters is 1. The van der Waals surface area contributed by atoms with Crippen molar-refractivity contribution in [2.75, 3.05) is 14.2 Å². The highest BCUT2D eigenvalue weighted by Crippen LogP contribution is 2.16. The van der Waals surface area contributed by atoms with Crippen LogP contribution in [0.5, 0.6) is 5.88 Å². The van der Waals surface area contributed by atoms with Crippen LogP contribution in [-0.4, -0.2) is 36.6 Å². The van der Waals surface area contributed by atoms with Gasteiger partial charge in [-0.2, -0.15) is 0 Å². The monoisotopic (exact) mass is 210 g/mol. The van der Waals surface area contributed by atoms with Gasteiger partial charge < -0.3 is 14.7 Å². The Hall–Kier alpha value is -2.11. The summed E-state index contributed by atoms with van der Waals surface area (Å²) in [6.07, 6.45) is 2.56. The number of pyridine rings is 1. The number of ether oxygens (including phenoxy) is 2. The molecule has 0 spiro atoms. The minimum atomic E-state index is -0.562. The van der Waals surface area contributed by atoms with E-state index in [0.29, 0.717) is 5.56 Å². The van der Waals surface area contributed by atoms with Gasteiger partial charge in [0.15, 0.2) is 0 Å². The van der Waals surface area contributed by atoms with E-state index in [1.165, 1.54) is 26.5 Å². The number of carbonyl (C=O) groups excluding carboxylic acids is 1. The van der Waals surface area contributed by atoms with Crippen molar-refractivity contribution in [2.24, 2.45) is 5.16 Å². The Labute approximate surface area is 86.1 Å². The van der Waals surface area contributed by atoms with E-state index in [4.69, 9.17) is 9.94 Å². The molecule has 1 heterocycles. The number of carbonyl (C=O) groups is 1. The van der Waals surface area contributed by atoms with Crippen LogP contribution in [0.2, 0.25) is 0 Å². The Balaban J connectivity index is 3.18. The molecule has 0 amide bonds. The number of nitrogens with zero attached hydrogens (tertiary/aromatic N) is 2. The summed E-state index contributed by atoms with van der Waals surface area (Å²) in [4.78, 5) is 15.2. The number of rotatable bonds is 3. The van der Waals surface area contributed by atoms with Gasteiger partial charge in [-0.3, -0.25) is 0 Å². The molecule has 0 fully saturated rings. The minimum Gasteiger partial charge on any atom is -0.480 e. The molecule has 0 aliphatic carbocycles. The molecule has 80 valence electrons. The van der Waals surface area contributed by atoms with Gasteiger partial charge in [-0.1, -0.05) is 5.16 Å². The zero-order chi connectivity index (χ0) is 11.3. The molecular formula is C9H10N2O4. The first-order valence-electron chi connectivity index (χ1n) is 4.02. The SMILES string of the molecule is COC(=O)c1cc(/C=N/O)cnc1OC. The number of hydrogen-bond donors (Lipinski definition) is 1. The Morgan fingerprint density at radius 3 is 2.87 bits per heavy atom. The van der Waals surface area contributed by atoms with E-state index in [9.17, 15) is 4.79 Å². The first-order valence-corrected chi connectivity index (χ1v) is 4.02. The summed E-state index contributed by atoms with van der Waals surface area (Å²) in [6.45, 7) is 0. The van der Waals surface area contributed by atoms with Crippen molar-refractivity contribution in [3.63, 3.8) is 0 Å². The van der Waals surface area contributed by atoms with Crippen molar-refractivity contribution in [3.05, 3.63) is 23.4 Å². The molecule has 0 bridgehead atoms. The lowest BCUT2D eigenvalue weighted by Crippen LogP contribution is -2.06. The molecule has 15 heavy (non-hydrogen) atoms.